The van der Waals surface area contributed by atoms with E-state index in [1.54, 1.807) is 4.90 Å². The standard InChI is InChI=1S/C16H20N4O/c1-19-6-7-20(11-16(19)21)15-5-2-12(8-13(15)9-17)10-18-14-3-4-14/h2,5,8,14,18H,3-4,6-7,10-11H2,1H3. The molecule has 0 bridgehead atoms. The lowest BCUT2D eigenvalue weighted by atomic mass is 10.1. The molecule has 2 aliphatic rings. The third-order valence-electron chi connectivity index (χ3n) is 4.15. The van der Waals surface area contributed by atoms with Gasteiger partial charge in [-0.05, 0) is 30.5 Å². The number of carbonyl (C=O) groups is 1. The minimum Gasteiger partial charge on any atom is -0.359 e. The van der Waals surface area contributed by atoms with E-state index in [0.29, 0.717) is 24.7 Å². The predicted molar refractivity (Wildman–Crippen MR) is 80.9 cm³/mol. The Morgan fingerprint density at radius 3 is 2.86 bits per heavy atom. The second-order valence-electron chi connectivity index (χ2n) is 5.86. The van der Waals surface area contributed by atoms with Crippen molar-refractivity contribution in [3.63, 3.8) is 0 Å². The molecule has 1 aliphatic heterocycles. The molecule has 5 heteroatoms. The lowest BCUT2D eigenvalue weighted by Crippen LogP contribution is -2.48. The monoisotopic (exact) mass is 284 g/mol. The molecule has 21 heavy (non-hydrogen) atoms. The summed E-state index contributed by atoms with van der Waals surface area (Å²) in [7, 11) is 1.82. The Morgan fingerprint density at radius 2 is 2.19 bits per heavy atom. The van der Waals surface area contributed by atoms with E-state index in [2.05, 4.69) is 11.4 Å². The molecule has 1 aromatic rings. The van der Waals surface area contributed by atoms with E-state index in [1.807, 2.05) is 30.1 Å². The third-order valence-corrected chi connectivity index (χ3v) is 4.15. The van der Waals surface area contributed by atoms with Gasteiger partial charge in [0.25, 0.3) is 0 Å². The highest BCUT2D eigenvalue weighted by atomic mass is 16.2. The summed E-state index contributed by atoms with van der Waals surface area (Å²) in [6.45, 7) is 2.64. The number of nitrogens with one attached hydrogen (secondary N) is 1. The zero-order valence-electron chi connectivity index (χ0n) is 12.3. The van der Waals surface area contributed by atoms with Gasteiger partial charge in [0.05, 0.1) is 17.8 Å². The normalized spacial score (nSPS) is 18.8. The Hall–Kier alpha value is -2.06. The second-order valence-corrected chi connectivity index (χ2v) is 5.86. The smallest absolute Gasteiger partial charge is 0.241 e. The number of amides is 1. The number of carbonyl (C=O) groups excluding carboxylic acids is 1. The van der Waals surface area contributed by atoms with Crippen LogP contribution in [0.2, 0.25) is 0 Å². The van der Waals surface area contributed by atoms with Gasteiger partial charge in [-0.2, -0.15) is 5.26 Å². The fourth-order valence-corrected chi connectivity index (χ4v) is 2.57. The third kappa shape index (κ3) is 3.17. The van der Waals surface area contributed by atoms with Gasteiger partial charge in [-0.3, -0.25) is 4.79 Å². The number of piperazine rings is 1. The first-order chi connectivity index (χ1) is 10.2. The SMILES string of the molecule is CN1CCN(c2ccc(CNC3CC3)cc2C#N)CC1=O. The summed E-state index contributed by atoms with van der Waals surface area (Å²) in [6.07, 6.45) is 2.51. The van der Waals surface area contributed by atoms with Crippen molar-refractivity contribution in [2.45, 2.75) is 25.4 Å². The number of hydrogen-bond acceptors (Lipinski definition) is 4. The minimum atomic E-state index is 0.101. The first kappa shape index (κ1) is 13.9. The van der Waals surface area contributed by atoms with Gasteiger partial charge in [0.1, 0.15) is 6.07 Å². The van der Waals surface area contributed by atoms with Crippen molar-refractivity contribution >= 4 is 11.6 Å². The van der Waals surface area contributed by atoms with Crippen molar-refractivity contribution in [1.29, 1.82) is 5.26 Å². The predicted octanol–water partition coefficient (Wildman–Crippen LogP) is 1.09. The van der Waals surface area contributed by atoms with E-state index in [0.717, 1.165) is 24.3 Å². The van der Waals surface area contributed by atoms with Crippen LogP contribution in [0, 0.1) is 11.3 Å². The number of hydrogen-bond donors (Lipinski definition) is 1. The van der Waals surface area contributed by atoms with E-state index in [-0.39, 0.29) is 5.91 Å². The summed E-state index contributed by atoms with van der Waals surface area (Å²) >= 11 is 0. The molecule has 1 aromatic carbocycles. The van der Waals surface area contributed by atoms with Gasteiger partial charge in [-0.15, -0.1) is 0 Å². The highest BCUT2D eigenvalue weighted by Crippen LogP contribution is 2.24. The number of rotatable bonds is 4. The van der Waals surface area contributed by atoms with Crippen LogP contribution in [0.1, 0.15) is 24.0 Å². The molecular formula is C16H20N4O. The van der Waals surface area contributed by atoms with Crippen LogP contribution in [0.5, 0.6) is 0 Å². The Kier molecular flexibility index (Phi) is 3.80. The molecule has 1 N–H and O–H groups in total. The van der Waals surface area contributed by atoms with Crippen LogP contribution in [0.15, 0.2) is 18.2 Å². The number of benzene rings is 1. The molecule has 1 amide bonds. The van der Waals surface area contributed by atoms with Gasteiger partial charge in [0, 0.05) is 32.7 Å². The van der Waals surface area contributed by atoms with Crippen molar-refractivity contribution < 1.29 is 4.79 Å². The quantitative estimate of drug-likeness (QED) is 0.899. The Morgan fingerprint density at radius 1 is 1.38 bits per heavy atom. The van der Waals surface area contributed by atoms with Gasteiger partial charge < -0.3 is 15.1 Å². The largest absolute Gasteiger partial charge is 0.359 e. The Labute approximate surface area is 125 Å². The summed E-state index contributed by atoms with van der Waals surface area (Å²) in [4.78, 5) is 15.6. The fourth-order valence-electron chi connectivity index (χ4n) is 2.57. The van der Waals surface area contributed by atoms with Crippen LogP contribution in [-0.4, -0.2) is 43.5 Å². The molecular weight excluding hydrogens is 264 g/mol. The lowest BCUT2D eigenvalue weighted by Gasteiger charge is -2.34. The van der Waals surface area contributed by atoms with E-state index in [9.17, 15) is 10.1 Å². The number of nitrogens with zero attached hydrogens (tertiary/aromatic N) is 3. The molecule has 5 nitrogen and oxygen atoms in total. The molecule has 2 fully saturated rings. The topological polar surface area (TPSA) is 59.4 Å². The molecule has 0 spiro atoms. The van der Waals surface area contributed by atoms with Crippen LogP contribution in [0.4, 0.5) is 5.69 Å². The first-order valence-electron chi connectivity index (χ1n) is 7.42. The van der Waals surface area contributed by atoms with Crippen LogP contribution < -0.4 is 10.2 Å². The number of likely N-dealkylation sites (N-methyl/N-ethyl adjacent to an activating group) is 1. The van der Waals surface area contributed by atoms with E-state index in [4.69, 9.17) is 0 Å². The van der Waals surface area contributed by atoms with E-state index >= 15 is 0 Å². The average Bonchev–Trinajstić information content (AvgIpc) is 3.32. The summed E-state index contributed by atoms with van der Waals surface area (Å²) in [5, 5.41) is 12.8. The Balaban J connectivity index is 1.75. The van der Waals surface area contributed by atoms with Crippen molar-refractivity contribution in [3.05, 3.63) is 29.3 Å². The zero-order valence-corrected chi connectivity index (χ0v) is 12.3. The molecule has 3 rings (SSSR count). The molecule has 110 valence electrons. The minimum absolute atomic E-state index is 0.101. The number of nitriles is 1. The van der Waals surface area contributed by atoms with Crippen LogP contribution in [0.3, 0.4) is 0 Å². The maximum absolute atomic E-state index is 11.8. The summed E-state index contributed by atoms with van der Waals surface area (Å²) < 4.78 is 0. The molecule has 0 radical (unpaired) electrons. The molecule has 1 saturated heterocycles. The van der Waals surface area contributed by atoms with E-state index < -0.39 is 0 Å². The molecule has 1 heterocycles. The second kappa shape index (κ2) is 5.74. The summed E-state index contributed by atoms with van der Waals surface area (Å²) in [5.41, 5.74) is 2.65. The number of anilines is 1. The maximum Gasteiger partial charge on any atom is 0.241 e. The van der Waals surface area contributed by atoms with Crippen molar-refractivity contribution in [1.82, 2.24) is 10.2 Å². The van der Waals surface area contributed by atoms with Crippen LogP contribution in [0.25, 0.3) is 0 Å². The molecule has 1 aliphatic carbocycles. The summed E-state index contributed by atoms with van der Waals surface area (Å²) in [6, 6.07) is 8.89. The zero-order chi connectivity index (χ0) is 14.8. The van der Waals surface area contributed by atoms with Gasteiger partial charge in [0.2, 0.25) is 5.91 Å². The van der Waals surface area contributed by atoms with Crippen LogP contribution in [-0.2, 0) is 11.3 Å². The summed E-state index contributed by atoms with van der Waals surface area (Å²) in [5.74, 6) is 0.101. The average molecular weight is 284 g/mol. The fraction of sp³-hybridized carbons (Fsp3) is 0.500. The molecule has 1 saturated carbocycles. The maximum atomic E-state index is 11.8. The van der Waals surface area contributed by atoms with Crippen molar-refractivity contribution in [2.24, 2.45) is 0 Å². The first-order valence-corrected chi connectivity index (χ1v) is 7.42. The molecule has 0 aromatic heterocycles. The molecule has 0 unspecified atom stereocenters. The highest BCUT2D eigenvalue weighted by molar-refractivity contribution is 5.83. The molecule has 0 atom stereocenters. The van der Waals surface area contributed by atoms with Gasteiger partial charge in [-0.1, -0.05) is 6.07 Å². The van der Waals surface area contributed by atoms with Crippen molar-refractivity contribution in [3.8, 4) is 6.07 Å². The van der Waals surface area contributed by atoms with Gasteiger partial charge >= 0.3 is 0 Å². The van der Waals surface area contributed by atoms with Crippen molar-refractivity contribution in [2.75, 3.05) is 31.6 Å². The van der Waals surface area contributed by atoms with Crippen LogP contribution >= 0.6 is 0 Å². The van der Waals surface area contributed by atoms with E-state index in [1.165, 1.54) is 12.8 Å². The lowest BCUT2D eigenvalue weighted by molar-refractivity contribution is -0.129. The highest BCUT2D eigenvalue weighted by Gasteiger charge is 2.23. The van der Waals surface area contributed by atoms with Gasteiger partial charge in [0.15, 0.2) is 0 Å². The Bertz CT molecular complexity index is 588. The van der Waals surface area contributed by atoms with Gasteiger partial charge in [-0.25, -0.2) is 0 Å².